The van der Waals surface area contributed by atoms with Gasteiger partial charge in [-0.15, -0.1) is 10.2 Å². The summed E-state index contributed by atoms with van der Waals surface area (Å²) in [6.45, 7) is 0. The van der Waals surface area contributed by atoms with Crippen LogP contribution >= 0.6 is 11.6 Å². The van der Waals surface area contributed by atoms with E-state index < -0.39 is 5.82 Å². The third-order valence-electron chi connectivity index (χ3n) is 1.96. The monoisotopic (exact) mass is 254 g/mol. The first-order valence-electron chi connectivity index (χ1n) is 4.54. The number of nitrogens with two attached hydrogens (primary N) is 2. The van der Waals surface area contributed by atoms with Crippen molar-refractivity contribution in [2.75, 3.05) is 11.5 Å². The Hall–Kier alpha value is -2.15. The fraction of sp³-hybridized carbons (Fsp3) is 0. The number of rotatable bonds is 2. The van der Waals surface area contributed by atoms with Crippen LogP contribution in [-0.4, -0.2) is 10.2 Å². The summed E-state index contributed by atoms with van der Waals surface area (Å²) < 4.78 is 13.4. The predicted molar refractivity (Wildman–Crippen MR) is 63.0 cm³/mol. The Kier molecular flexibility index (Phi) is 2.92. The van der Waals surface area contributed by atoms with E-state index in [-0.39, 0.29) is 28.0 Å². The highest BCUT2D eigenvalue weighted by Crippen LogP contribution is 2.29. The van der Waals surface area contributed by atoms with E-state index in [1.54, 1.807) is 0 Å². The number of aromatic amines is 1. The van der Waals surface area contributed by atoms with Crippen molar-refractivity contribution in [3.8, 4) is 0 Å². The van der Waals surface area contributed by atoms with Gasteiger partial charge in [0.2, 0.25) is 0 Å². The SMILES string of the molecule is Nc1n[nH]c(N)c1N=Nc1ccc(Cl)cc1F. The molecule has 0 saturated carbocycles. The maximum atomic E-state index is 13.4. The van der Waals surface area contributed by atoms with Crippen LogP contribution in [0.4, 0.5) is 27.4 Å². The first-order chi connectivity index (χ1) is 8.08. The quantitative estimate of drug-likeness (QED) is 0.718. The fourth-order valence-electron chi connectivity index (χ4n) is 1.14. The van der Waals surface area contributed by atoms with Crippen LogP contribution in [0.1, 0.15) is 0 Å². The molecule has 1 aromatic carbocycles. The second-order valence-corrected chi connectivity index (χ2v) is 3.60. The zero-order valence-corrected chi connectivity index (χ0v) is 9.24. The van der Waals surface area contributed by atoms with Crippen molar-refractivity contribution < 1.29 is 4.39 Å². The van der Waals surface area contributed by atoms with Gasteiger partial charge in [0.1, 0.15) is 11.5 Å². The maximum Gasteiger partial charge on any atom is 0.175 e. The molecule has 6 nitrogen and oxygen atoms in total. The predicted octanol–water partition coefficient (Wildman–Crippen LogP) is 2.78. The molecule has 5 N–H and O–H groups in total. The first kappa shape index (κ1) is 11.3. The van der Waals surface area contributed by atoms with Crippen molar-refractivity contribution in [3.63, 3.8) is 0 Å². The highest BCUT2D eigenvalue weighted by Gasteiger charge is 2.07. The normalized spacial score (nSPS) is 11.2. The summed E-state index contributed by atoms with van der Waals surface area (Å²) in [5.74, 6) is -0.317. The molecule has 0 aliphatic carbocycles. The van der Waals surface area contributed by atoms with E-state index in [9.17, 15) is 4.39 Å². The number of hydrogen-bond acceptors (Lipinski definition) is 5. The van der Waals surface area contributed by atoms with Crippen molar-refractivity contribution >= 4 is 34.6 Å². The summed E-state index contributed by atoms with van der Waals surface area (Å²) in [6.07, 6.45) is 0. The van der Waals surface area contributed by atoms with Gasteiger partial charge in [0, 0.05) is 5.02 Å². The van der Waals surface area contributed by atoms with Gasteiger partial charge in [0.15, 0.2) is 17.3 Å². The number of azo groups is 1. The molecule has 0 amide bonds. The summed E-state index contributed by atoms with van der Waals surface area (Å²) in [5.41, 5.74) is 11.2. The summed E-state index contributed by atoms with van der Waals surface area (Å²) in [6, 6.07) is 4.03. The third kappa shape index (κ3) is 2.34. The molecule has 0 spiro atoms. The maximum absolute atomic E-state index is 13.4. The lowest BCUT2D eigenvalue weighted by molar-refractivity contribution is 0.628. The molecule has 0 fully saturated rings. The van der Waals surface area contributed by atoms with E-state index in [1.165, 1.54) is 12.1 Å². The number of aromatic nitrogens is 2. The zero-order valence-electron chi connectivity index (χ0n) is 8.48. The number of H-pyrrole nitrogens is 1. The molecule has 0 aliphatic rings. The second kappa shape index (κ2) is 4.38. The zero-order chi connectivity index (χ0) is 12.4. The molecule has 0 bridgehead atoms. The molecule has 1 aromatic heterocycles. The minimum absolute atomic E-state index is 0.0365. The summed E-state index contributed by atoms with van der Waals surface area (Å²) in [7, 11) is 0. The Labute approximate surface area is 100 Å². The van der Waals surface area contributed by atoms with Crippen LogP contribution in [0.5, 0.6) is 0 Å². The Morgan fingerprint density at radius 2 is 2.06 bits per heavy atom. The van der Waals surface area contributed by atoms with Gasteiger partial charge in [0.05, 0.1) is 0 Å². The van der Waals surface area contributed by atoms with E-state index in [4.69, 9.17) is 23.1 Å². The number of nitrogen functional groups attached to an aromatic ring is 2. The van der Waals surface area contributed by atoms with Crippen molar-refractivity contribution in [1.29, 1.82) is 0 Å². The lowest BCUT2D eigenvalue weighted by atomic mass is 10.3. The molecular weight excluding hydrogens is 247 g/mol. The molecule has 0 radical (unpaired) electrons. The van der Waals surface area contributed by atoms with Crippen LogP contribution < -0.4 is 11.5 Å². The lowest BCUT2D eigenvalue weighted by Crippen LogP contribution is -1.84. The number of benzene rings is 1. The van der Waals surface area contributed by atoms with Crippen LogP contribution in [0.25, 0.3) is 0 Å². The Morgan fingerprint density at radius 1 is 1.29 bits per heavy atom. The highest BCUT2D eigenvalue weighted by atomic mass is 35.5. The van der Waals surface area contributed by atoms with E-state index in [0.717, 1.165) is 6.07 Å². The van der Waals surface area contributed by atoms with Crippen molar-refractivity contribution in [3.05, 3.63) is 29.0 Å². The topological polar surface area (TPSA) is 105 Å². The number of hydrogen-bond donors (Lipinski definition) is 3. The minimum Gasteiger partial charge on any atom is -0.382 e. The molecule has 17 heavy (non-hydrogen) atoms. The van der Waals surface area contributed by atoms with Gasteiger partial charge >= 0.3 is 0 Å². The molecule has 0 aliphatic heterocycles. The number of nitrogens with zero attached hydrogens (tertiary/aromatic N) is 3. The van der Waals surface area contributed by atoms with Gasteiger partial charge in [-0.1, -0.05) is 11.6 Å². The van der Waals surface area contributed by atoms with Gasteiger partial charge in [-0.3, -0.25) is 5.10 Å². The van der Waals surface area contributed by atoms with Crippen molar-refractivity contribution in [2.24, 2.45) is 10.2 Å². The van der Waals surface area contributed by atoms with E-state index in [2.05, 4.69) is 20.4 Å². The largest absolute Gasteiger partial charge is 0.382 e. The molecule has 2 rings (SSSR count). The average molecular weight is 255 g/mol. The molecule has 0 saturated heterocycles. The lowest BCUT2D eigenvalue weighted by Gasteiger charge is -1.96. The molecule has 2 aromatic rings. The number of anilines is 2. The minimum atomic E-state index is -0.582. The van der Waals surface area contributed by atoms with Crippen LogP contribution in [-0.2, 0) is 0 Å². The second-order valence-electron chi connectivity index (χ2n) is 3.17. The molecule has 0 atom stereocenters. The third-order valence-corrected chi connectivity index (χ3v) is 2.20. The summed E-state index contributed by atoms with van der Waals surface area (Å²) in [4.78, 5) is 0. The van der Waals surface area contributed by atoms with Crippen molar-refractivity contribution in [2.45, 2.75) is 0 Å². The fourth-order valence-corrected chi connectivity index (χ4v) is 1.29. The van der Waals surface area contributed by atoms with Gasteiger partial charge < -0.3 is 11.5 Å². The summed E-state index contributed by atoms with van der Waals surface area (Å²) >= 11 is 5.60. The van der Waals surface area contributed by atoms with Crippen LogP contribution in [0.3, 0.4) is 0 Å². The smallest absolute Gasteiger partial charge is 0.175 e. The highest BCUT2D eigenvalue weighted by molar-refractivity contribution is 6.30. The van der Waals surface area contributed by atoms with Gasteiger partial charge in [-0.05, 0) is 18.2 Å². The van der Waals surface area contributed by atoms with E-state index in [1.807, 2.05) is 0 Å². The van der Waals surface area contributed by atoms with Gasteiger partial charge in [0.25, 0.3) is 0 Å². The van der Waals surface area contributed by atoms with E-state index in [0.29, 0.717) is 0 Å². The number of nitrogens with one attached hydrogen (secondary N) is 1. The van der Waals surface area contributed by atoms with Gasteiger partial charge in [-0.25, -0.2) is 4.39 Å². The Balaban J connectivity index is 2.32. The van der Waals surface area contributed by atoms with Crippen LogP contribution in [0.15, 0.2) is 28.4 Å². The average Bonchev–Trinajstić information content (AvgIpc) is 2.58. The standard InChI is InChI=1S/C9H8ClFN6/c10-4-1-2-6(5(11)3-4)14-15-7-8(12)16-17-9(7)13/h1-3H,(H5,12,13,16,17). The van der Waals surface area contributed by atoms with Crippen LogP contribution in [0, 0.1) is 5.82 Å². The van der Waals surface area contributed by atoms with E-state index >= 15 is 0 Å². The first-order valence-corrected chi connectivity index (χ1v) is 4.92. The molecule has 8 heteroatoms. The number of halogens is 2. The summed E-state index contributed by atoms with van der Waals surface area (Å²) in [5, 5.41) is 13.7. The molecule has 0 unspecified atom stereocenters. The molecule has 1 heterocycles. The van der Waals surface area contributed by atoms with Crippen LogP contribution in [0.2, 0.25) is 5.02 Å². The Bertz CT molecular complexity index is 559. The molecule has 88 valence electrons. The Morgan fingerprint density at radius 3 is 2.65 bits per heavy atom. The van der Waals surface area contributed by atoms with Gasteiger partial charge in [-0.2, -0.15) is 5.10 Å². The van der Waals surface area contributed by atoms with Crippen molar-refractivity contribution in [1.82, 2.24) is 10.2 Å². The molecular formula is C9H8ClFN6.